The Morgan fingerprint density at radius 3 is 2.90 bits per heavy atom. The number of carbonyl (C=O) groups is 1. The first-order chi connectivity index (χ1) is 9.61. The summed E-state index contributed by atoms with van der Waals surface area (Å²) in [6, 6.07) is 5.92. The smallest absolute Gasteiger partial charge is 0.263 e. The monoisotopic (exact) mass is 295 g/mol. The Bertz CT molecular complexity index is 603. The molecule has 0 aliphatic rings. The van der Waals surface area contributed by atoms with E-state index in [-0.39, 0.29) is 18.0 Å². The SMILES string of the molecule is CNc1ncc(C(=O)NCC(O)c2ccccc2F)s1. The average molecular weight is 295 g/mol. The fourth-order valence-electron chi connectivity index (χ4n) is 1.63. The first-order valence-electron chi connectivity index (χ1n) is 5.96. The van der Waals surface area contributed by atoms with Crippen LogP contribution in [0.1, 0.15) is 21.3 Å². The summed E-state index contributed by atoms with van der Waals surface area (Å²) in [4.78, 5) is 16.2. The molecule has 1 aromatic heterocycles. The van der Waals surface area contributed by atoms with Gasteiger partial charge >= 0.3 is 0 Å². The van der Waals surface area contributed by atoms with Gasteiger partial charge in [0.1, 0.15) is 10.7 Å². The van der Waals surface area contributed by atoms with Crippen molar-refractivity contribution in [3.8, 4) is 0 Å². The third kappa shape index (κ3) is 3.31. The van der Waals surface area contributed by atoms with Crippen LogP contribution in [0.3, 0.4) is 0 Å². The van der Waals surface area contributed by atoms with Crippen molar-refractivity contribution in [1.82, 2.24) is 10.3 Å². The topological polar surface area (TPSA) is 74.2 Å². The van der Waals surface area contributed by atoms with Crippen LogP contribution in [0, 0.1) is 5.82 Å². The van der Waals surface area contributed by atoms with Gasteiger partial charge in [0.15, 0.2) is 5.13 Å². The van der Waals surface area contributed by atoms with Crippen molar-refractivity contribution in [3.63, 3.8) is 0 Å². The van der Waals surface area contributed by atoms with Crippen molar-refractivity contribution in [2.75, 3.05) is 18.9 Å². The predicted molar refractivity (Wildman–Crippen MR) is 75.4 cm³/mol. The number of nitrogens with zero attached hydrogens (tertiary/aromatic N) is 1. The zero-order chi connectivity index (χ0) is 14.5. The molecule has 5 nitrogen and oxygen atoms in total. The number of aromatic nitrogens is 1. The number of carbonyl (C=O) groups excluding carboxylic acids is 1. The van der Waals surface area contributed by atoms with E-state index in [1.54, 1.807) is 19.2 Å². The molecule has 0 radical (unpaired) electrons. The molecule has 0 saturated heterocycles. The minimum atomic E-state index is -1.09. The van der Waals surface area contributed by atoms with Gasteiger partial charge in [-0.2, -0.15) is 0 Å². The lowest BCUT2D eigenvalue weighted by Gasteiger charge is -2.12. The molecule has 2 aromatic rings. The molecular weight excluding hydrogens is 281 g/mol. The molecule has 1 unspecified atom stereocenters. The van der Waals surface area contributed by atoms with Gasteiger partial charge in [-0.25, -0.2) is 9.37 Å². The predicted octanol–water partition coefficient (Wildman–Crippen LogP) is 1.79. The number of thiazole rings is 1. The van der Waals surface area contributed by atoms with Crippen molar-refractivity contribution in [2.24, 2.45) is 0 Å². The van der Waals surface area contributed by atoms with Gasteiger partial charge in [-0.1, -0.05) is 29.5 Å². The Hall–Kier alpha value is -1.99. The van der Waals surface area contributed by atoms with Gasteiger partial charge in [0.05, 0.1) is 12.3 Å². The van der Waals surface area contributed by atoms with E-state index in [4.69, 9.17) is 0 Å². The number of anilines is 1. The van der Waals surface area contributed by atoms with Crippen LogP contribution in [-0.4, -0.2) is 29.6 Å². The highest BCUT2D eigenvalue weighted by Gasteiger charge is 2.15. The first kappa shape index (κ1) is 14.4. The molecule has 3 N–H and O–H groups in total. The number of halogens is 1. The van der Waals surface area contributed by atoms with Crippen LogP contribution in [-0.2, 0) is 0 Å². The van der Waals surface area contributed by atoms with Gasteiger partial charge in [0, 0.05) is 19.2 Å². The van der Waals surface area contributed by atoms with E-state index in [9.17, 15) is 14.3 Å². The fraction of sp³-hybridized carbons (Fsp3) is 0.231. The molecule has 2 rings (SSSR count). The lowest BCUT2D eigenvalue weighted by molar-refractivity contribution is 0.0918. The van der Waals surface area contributed by atoms with Crippen molar-refractivity contribution in [2.45, 2.75) is 6.10 Å². The van der Waals surface area contributed by atoms with Crippen LogP contribution < -0.4 is 10.6 Å². The van der Waals surface area contributed by atoms with Crippen LogP contribution in [0.4, 0.5) is 9.52 Å². The van der Waals surface area contributed by atoms with Gasteiger partial charge in [0.2, 0.25) is 0 Å². The number of amides is 1. The van der Waals surface area contributed by atoms with E-state index < -0.39 is 11.9 Å². The van der Waals surface area contributed by atoms with Crippen LogP contribution >= 0.6 is 11.3 Å². The standard InChI is InChI=1S/C13H14FN3O2S/c1-15-13-17-7-11(20-13)12(19)16-6-10(18)8-4-2-3-5-9(8)14/h2-5,7,10,18H,6H2,1H3,(H,15,17)(H,16,19). The molecule has 7 heteroatoms. The quantitative estimate of drug-likeness (QED) is 0.786. The molecule has 1 amide bonds. The maximum absolute atomic E-state index is 13.4. The van der Waals surface area contributed by atoms with Gasteiger partial charge in [0.25, 0.3) is 5.91 Å². The van der Waals surface area contributed by atoms with Crippen molar-refractivity contribution < 1.29 is 14.3 Å². The van der Waals surface area contributed by atoms with E-state index in [1.807, 2.05) is 0 Å². The molecular formula is C13H14FN3O2S. The van der Waals surface area contributed by atoms with E-state index >= 15 is 0 Å². The van der Waals surface area contributed by atoms with E-state index in [0.717, 1.165) is 0 Å². The Kier molecular flexibility index (Phi) is 4.65. The first-order valence-corrected chi connectivity index (χ1v) is 6.77. The number of hydrogen-bond donors (Lipinski definition) is 3. The number of aliphatic hydroxyl groups excluding tert-OH is 1. The van der Waals surface area contributed by atoms with E-state index in [2.05, 4.69) is 15.6 Å². The van der Waals surface area contributed by atoms with Crippen LogP contribution in [0.5, 0.6) is 0 Å². The normalized spacial score (nSPS) is 11.9. The lowest BCUT2D eigenvalue weighted by Crippen LogP contribution is -2.28. The van der Waals surface area contributed by atoms with Crippen molar-refractivity contribution in [1.29, 1.82) is 0 Å². The summed E-state index contributed by atoms with van der Waals surface area (Å²) in [5, 5.41) is 15.9. The maximum Gasteiger partial charge on any atom is 0.263 e. The van der Waals surface area contributed by atoms with Crippen LogP contribution in [0.2, 0.25) is 0 Å². The summed E-state index contributed by atoms with van der Waals surface area (Å²) in [5.41, 5.74) is 0.160. The summed E-state index contributed by atoms with van der Waals surface area (Å²) < 4.78 is 13.4. The molecule has 1 aromatic carbocycles. The number of rotatable bonds is 5. The Morgan fingerprint density at radius 2 is 2.25 bits per heavy atom. The fourth-order valence-corrected chi connectivity index (χ4v) is 2.31. The number of hydrogen-bond acceptors (Lipinski definition) is 5. The zero-order valence-corrected chi connectivity index (χ0v) is 11.6. The second-order valence-electron chi connectivity index (χ2n) is 4.03. The highest BCUT2D eigenvalue weighted by Crippen LogP contribution is 2.18. The third-order valence-corrected chi connectivity index (χ3v) is 3.68. The summed E-state index contributed by atoms with van der Waals surface area (Å²) in [6.07, 6.45) is 0.359. The Labute approximate surface area is 119 Å². The van der Waals surface area contributed by atoms with Crippen molar-refractivity contribution in [3.05, 3.63) is 46.7 Å². The molecule has 0 spiro atoms. The zero-order valence-electron chi connectivity index (χ0n) is 10.8. The van der Waals surface area contributed by atoms with Gasteiger partial charge in [-0.05, 0) is 6.07 Å². The van der Waals surface area contributed by atoms with Gasteiger partial charge in [-0.15, -0.1) is 0 Å². The molecule has 1 heterocycles. The molecule has 106 valence electrons. The van der Waals surface area contributed by atoms with E-state index in [1.165, 1.54) is 29.7 Å². The third-order valence-electron chi connectivity index (χ3n) is 2.66. The molecule has 0 bridgehead atoms. The molecule has 0 saturated carbocycles. The largest absolute Gasteiger partial charge is 0.386 e. The lowest BCUT2D eigenvalue weighted by atomic mass is 10.1. The Balaban J connectivity index is 1.95. The van der Waals surface area contributed by atoms with Crippen LogP contribution in [0.25, 0.3) is 0 Å². The highest BCUT2D eigenvalue weighted by atomic mass is 32.1. The Morgan fingerprint density at radius 1 is 1.50 bits per heavy atom. The number of benzene rings is 1. The molecule has 0 fully saturated rings. The van der Waals surface area contributed by atoms with Gasteiger partial charge in [-0.3, -0.25) is 4.79 Å². The maximum atomic E-state index is 13.4. The van der Waals surface area contributed by atoms with Gasteiger partial charge < -0.3 is 15.7 Å². The minimum Gasteiger partial charge on any atom is -0.386 e. The average Bonchev–Trinajstić information content (AvgIpc) is 2.94. The minimum absolute atomic E-state index is 0.0629. The van der Waals surface area contributed by atoms with Crippen LogP contribution in [0.15, 0.2) is 30.5 Å². The molecule has 1 atom stereocenters. The van der Waals surface area contributed by atoms with Crippen molar-refractivity contribution >= 4 is 22.4 Å². The summed E-state index contributed by atoms with van der Waals surface area (Å²) in [7, 11) is 1.71. The molecule has 0 aliphatic heterocycles. The molecule has 20 heavy (non-hydrogen) atoms. The summed E-state index contributed by atoms with van der Waals surface area (Å²) >= 11 is 1.20. The van der Waals surface area contributed by atoms with E-state index in [0.29, 0.717) is 10.0 Å². The number of nitrogens with one attached hydrogen (secondary N) is 2. The number of aliphatic hydroxyl groups is 1. The summed E-state index contributed by atoms with van der Waals surface area (Å²) in [6.45, 7) is -0.0629. The molecule has 0 aliphatic carbocycles. The highest BCUT2D eigenvalue weighted by molar-refractivity contribution is 7.17. The summed E-state index contributed by atoms with van der Waals surface area (Å²) in [5.74, 6) is -0.844. The second kappa shape index (κ2) is 6.44. The second-order valence-corrected chi connectivity index (χ2v) is 5.06.